The van der Waals surface area contributed by atoms with Gasteiger partial charge >= 0.3 is 0 Å². The fourth-order valence-electron chi connectivity index (χ4n) is 2.05. The molecule has 0 bridgehead atoms. The highest BCUT2D eigenvalue weighted by molar-refractivity contribution is 6.17. The lowest BCUT2D eigenvalue weighted by molar-refractivity contribution is 0.311. The molecule has 1 fully saturated rings. The van der Waals surface area contributed by atoms with Gasteiger partial charge in [0.1, 0.15) is 5.82 Å². The number of anilines is 1. The van der Waals surface area contributed by atoms with E-state index in [1.54, 1.807) is 6.07 Å². The van der Waals surface area contributed by atoms with E-state index in [9.17, 15) is 4.39 Å². The van der Waals surface area contributed by atoms with Gasteiger partial charge in [-0.25, -0.2) is 4.39 Å². The number of hydrogen-bond acceptors (Lipinski definition) is 2. The second kappa shape index (κ2) is 5.02. The largest absolute Gasteiger partial charge is 0.366 e. The molecule has 4 heteroatoms. The van der Waals surface area contributed by atoms with Crippen LogP contribution in [0.2, 0.25) is 0 Å². The van der Waals surface area contributed by atoms with E-state index < -0.39 is 0 Å². The molecule has 1 saturated heterocycles. The van der Waals surface area contributed by atoms with E-state index in [-0.39, 0.29) is 5.82 Å². The predicted octanol–water partition coefficient (Wildman–Crippen LogP) is 2.32. The monoisotopic (exact) mass is 242 g/mol. The van der Waals surface area contributed by atoms with Gasteiger partial charge in [-0.3, -0.25) is 0 Å². The molecule has 88 valence electrons. The number of hydrogen-bond donors (Lipinski definition) is 0. The summed E-state index contributed by atoms with van der Waals surface area (Å²) >= 11 is 5.85. The van der Waals surface area contributed by atoms with E-state index >= 15 is 0 Å². The quantitative estimate of drug-likeness (QED) is 0.735. The number of para-hydroxylation sites is 1. The maximum absolute atomic E-state index is 13.8. The highest BCUT2D eigenvalue weighted by atomic mass is 35.5. The lowest BCUT2D eigenvalue weighted by Crippen LogP contribution is -2.45. The van der Waals surface area contributed by atoms with Crippen molar-refractivity contribution in [1.82, 2.24) is 4.90 Å². The molecule has 1 heterocycles. The van der Waals surface area contributed by atoms with E-state index in [2.05, 4.69) is 16.8 Å². The van der Waals surface area contributed by atoms with Gasteiger partial charge in [-0.15, -0.1) is 11.6 Å². The normalized spacial score (nSPS) is 17.8. The van der Waals surface area contributed by atoms with Crippen LogP contribution in [-0.4, -0.2) is 38.1 Å². The first-order valence-electron chi connectivity index (χ1n) is 5.49. The molecule has 0 radical (unpaired) electrons. The summed E-state index contributed by atoms with van der Waals surface area (Å²) in [6, 6.07) is 5.11. The number of benzene rings is 1. The summed E-state index contributed by atoms with van der Waals surface area (Å²) in [5.74, 6) is 0.196. The Morgan fingerprint density at radius 3 is 2.56 bits per heavy atom. The molecule has 1 aliphatic rings. The first-order valence-corrected chi connectivity index (χ1v) is 6.02. The van der Waals surface area contributed by atoms with E-state index in [1.807, 2.05) is 6.07 Å². The molecular weight excluding hydrogens is 227 g/mol. The molecule has 1 aliphatic heterocycles. The van der Waals surface area contributed by atoms with Crippen molar-refractivity contribution < 1.29 is 4.39 Å². The summed E-state index contributed by atoms with van der Waals surface area (Å²) < 4.78 is 13.8. The zero-order valence-corrected chi connectivity index (χ0v) is 10.2. The Labute approximate surface area is 101 Å². The first kappa shape index (κ1) is 11.7. The third-order valence-corrected chi connectivity index (χ3v) is 3.32. The van der Waals surface area contributed by atoms with E-state index in [0.717, 1.165) is 31.7 Å². The van der Waals surface area contributed by atoms with Crippen LogP contribution in [0.15, 0.2) is 18.2 Å². The minimum atomic E-state index is -0.164. The van der Waals surface area contributed by atoms with Crippen LogP contribution in [0, 0.1) is 5.82 Å². The molecule has 0 saturated carbocycles. The Hall–Kier alpha value is -0.800. The predicted molar refractivity (Wildman–Crippen MR) is 65.7 cm³/mol. The lowest BCUT2D eigenvalue weighted by Gasteiger charge is -2.35. The molecular formula is C12H16ClFN2. The fraction of sp³-hybridized carbons (Fsp3) is 0.500. The van der Waals surface area contributed by atoms with Crippen LogP contribution in [0.5, 0.6) is 0 Å². The summed E-state index contributed by atoms with van der Waals surface area (Å²) in [6.07, 6.45) is 0. The molecule has 1 aromatic carbocycles. The molecule has 1 aromatic rings. The third-order valence-electron chi connectivity index (χ3n) is 3.03. The lowest BCUT2D eigenvalue weighted by atomic mass is 10.1. The average molecular weight is 243 g/mol. The van der Waals surface area contributed by atoms with Gasteiger partial charge in [-0.05, 0) is 18.7 Å². The molecule has 2 rings (SSSR count). The number of rotatable bonds is 2. The summed E-state index contributed by atoms with van der Waals surface area (Å²) in [7, 11) is 2.08. The van der Waals surface area contributed by atoms with Gasteiger partial charge in [-0.1, -0.05) is 12.1 Å². The molecule has 0 atom stereocenters. The number of halogens is 2. The highest BCUT2D eigenvalue weighted by Gasteiger charge is 2.19. The van der Waals surface area contributed by atoms with E-state index in [0.29, 0.717) is 11.6 Å². The summed E-state index contributed by atoms with van der Waals surface area (Å²) in [5.41, 5.74) is 1.57. The van der Waals surface area contributed by atoms with Crippen molar-refractivity contribution in [2.24, 2.45) is 0 Å². The molecule has 0 amide bonds. The Bertz CT molecular complexity index is 362. The molecule has 0 unspecified atom stereocenters. The second-order valence-corrected chi connectivity index (χ2v) is 4.44. The van der Waals surface area contributed by atoms with Crippen molar-refractivity contribution >= 4 is 17.3 Å². The van der Waals surface area contributed by atoms with Crippen LogP contribution in [0.25, 0.3) is 0 Å². The number of likely N-dealkylation sites (N-methyl/N-ethyl adjacent to an activating group) is 1. The minimum absolute atomic E-state index is 0.164. The molecule has 0 aliphatic carbocycles. The Balaban J connectivity index is 2.25. The maximum atomic E-state index is 13.8. The smallest absolute Gasteiger partial charge is 0.146 e. The van der Waals surface area contributed by atoms with Crippen molar-refractivity contribution in [3.63, 3.8) is 0 Å². The van der Waals surface area contributed by atoms with Crippen LogP contribution in [-0.2, 0) is 5.88 Å². The molecule has 16 heavy (non-hydrogen) atoms. The van der Waals surface area contributed by atoms with Crippen LogP contribution in [0.4, 0.5) is 10.1 Å². The van der Waals surface area contributed by atoms with Crippen LogP contribution in [0.3, 0.4) is 0 Å². The van der Waals surface area contributed by atoms with E-state index in [4.69, 9.17) is 11.6 Å². The third kappa shape index (κ3) is 2.30. The Morgan fingerprint density at radius 2 is 1.94 bits per heavy atom. The first-order chi connectivity index (χ1) is 7.72. The van der Waals surface area contributed by atoms with Crippen molar-refractivity contribution in [1.29, 1.82) is 0 Å². The zero-order chi connectivity index (χ0) is 11.5. The summed E-state index contributed by atoms with van der Waals surface area (Å²) in [5, 5.41) is 0. The molecule has 0 aromatic heterocycles. The number of nitrogens with zero attached hydrogens (tertiary/aromatic N) is 2. The minimum Gasteiger partial charge on any atom is -0.366 e. The highest BCUT2D eigenvalue weighted by Crippen LogP contribution is 2.26. The van der Waals surface area contributed by atoms with Gasteiger partial charge in [0.25, 0.3) is 0 Å². The second-order valence-electron chi connectivity index (χ2n) is 4.17. The van der Waals surface area contributed by atoms with Gasteiger partial charge < -0.3 is 9.80 Å². The summed E-state index contributed by atoms with van der Waals surface area (Å²) in [4.78, 5) is 4.34. The van der Waals surface area contributed by atoms with Gasteiger partial charge in [0.05, 0.1) is 5.69 Å². The molecule has 2 nitrogen and oxygen atoms in total. The number of alkyl halides is 1. The van der Waals surface area contributed by atoms with Gasteiger partial charge in [-0.2, -0.15) is 0 Å². The molecule has 0 N–H and O–H groups in total. The topological polar surface area (TPSA) is 6.48 Å². The Morgan fingerprint density at radius 1 is 1.25 bits per heavy atom. The Kier molecular flexibility index (Phi) is 3.66. The van der Waals surface area contributed by atoms with Crippen molar-refractivity contribution in [3.05, 3.63) is 29.6 Å². The fourth-order valence-corrected chi connectivity index (χ4v) is 2.27. The van der Waals surface area contributed by atoms with Crippen molar-refractivity contribution in [3.8, 4) is 0 Å². The van der Waals surface area contributed by atoms with Crippen LogP contribution < -0.4 is 4.90 Å². The van der Waals surface area contributed by atoms with Gasteiger partial charge in [0.15, 0.2) is 0 Å². The maximum Gasteiger partial charge on any atom is 0.146 e. The van der Waals surface area contributed by atoms with Crippen molar-refractivity contribution in [2.75, 3.05) is 38.1 Å². The summed E-state index contributed by atoms with van der Waals surface area (Å²) in [6.45, 7) is 3.66. The standard InChI is InChI=1S/C12H16ClFN2/c1-15-5-7-16(8-6-15)12-10(9-13)3-2-4-11(12)14/h2-4H,5-9H2,1H3. The van der Waals surface area contributed by atoms with Crippen LogP contribution in [0.1, 0.15) is 5.56 Å². The SMILES string of the molecule is CN1CCN(c2c(F)cccc2CCl)CC1. The van der Waals surface area contributed by atoms with Gasteiger partial charge in [0, 0.05) is 32.1 Å². The molecule has 0 spiro atoms. The van der Waals surface area contributed by atoms with Crippen molar-refractivity contribution in [2.45, 2.75) is 5.88 Å². The van der Waals surface area contributed by atoms with Gasteiger partial charge in [0.2, 0.25) is 0 Å². The average Bonchev–Trinajstić information content (AvgIpc) is 2.30. The zero-order valence-electron chi connectivity index (χ0n) is 9.42. The van der Waals surface area contributed by atoms with Crippen LogP contribution >= 0.6 is 11.6 Å². The van der Waals surface area contributed by atoms with E-state index in [1.165, 1.54) is 6.07 Å². The number of piperazine rings is 1.